The lowest BCUT2D eigenvalue weighted by molar-refractivity contribution is 0.126. The fourth-order valence-corrected chi connectivity index (χ4v) is 3.51. The Morgan fingerprint density at radius 2 is 1.79 bits per heavy atom. The molecule has 5 heteroatoms. The summed E-state index contributed by atoms with van der Waals surface area (Å²) >= 11 is 0. The SMILES string of the molecule is OC1CC2CCC(C1)N2c1ccc2nccnc2n1. The van der Waals surface area contributed by atoms with Crippen molar-refractivity contribution in [2.24, 2.45) is 0 Å². The average molecular weight is 256 g/mol. The van der Waals surface area contributed by atoms with Gasteiger partial charge in [0.15, 0.2) is 5.65 Å². The number of hydrogen-bond acceptors (Lipinski definition) is 5. The first-order valence-electron chi connectivity index (χ1n) is 6.85. The summed E-state index contributed by atoms with van der Waals surface area (Å²) in [5.74, 6) is 0.979. The van der Waals surface area contributed by atoms with Crippen LogP contribution >= 0.6 is 0 Å². The molecular weight excluding hydrogens is 240 g/mol. The summed E-state index contributed by atoms with van der Waals surface area (Å²) in [5, 5.41) is 9.86. The molecule has 0 aliphatic carbocycles. The van der Waals surface area contributed by atoms with Gasteiger partial charge >= 0.3 is 0 Å². The normalized spacial score (nSPS) is 29.9. The molecule has 0 saturated carbocycles. The summed E-state index contributed by atoms with van der Waals surface area (Å²) in [6, 6.07) is 4.86. The van der Waals surface area contributed by atoms with Crippen LogP contribution in [0, 0.1) is 0 Å². The van der Waals surface area contributed by atoms with Crippen molar-refractivity contribution < 1.29 is 5.11 Å². The molecule has 98 valence electrons. The van der Waals surface area contributed by atoms with Crippen LogP contribution in [0.15, 0.2) is 24.5 Å². The number of piperidine rings is 1. The van der Waals surface area contributed by atoms with Crippen LogP contribution < -0.4 is 4.90 Å². The zero-order valence-corrected chi connectivity index (χ0v) is 10.6. The average Bonchev–Trinajstić information content (AvgIpc) is 2.70. The minimum absolute atomic E-state index is 0.144. The highest BCUT2D eigenvalue weighted by Crippen LogP contribution is 2.38. The second-order valence-corrected chi connectivity index (χ2v) is 5.49. The topological polar surface area (TPSA) is 62.1 Å². The molecule has 0 radical (unpaired) electrons. The van der Waals surface area contributed by atoms with Gasteiger partial charge < -0.3 is 10.0 Å². The molecule has 0 amide bonds. The second-order valence-electron chi connectivity index (χ2n) is 5.49. The number of aliphatic hydroxyl groups excluding tert-OH is 1. The van der Waals surface area contributed by atoms with E-state index in [1.165, 1.54) is 0 Å². The van der Waals surface area contributed by atoms with Crippen LogP contribution in [0.3, 0.4) is 0 Å². The summed E-state index contributed by atoms with van der Waals surface area (Å²) in [6.45, 7) is 0. The van der Waals surface area contributed by atoms with E-state index in [4.69, 9.17) is 0 Å². The minimum Gasteiger partial charge on any atom is -0.393 e. The quantitative estimate of drug-likeness (QED) is 0.838. The second kappa shape index (κ2) is 4.13. The van der Waals surface area contributed by atoms with E-state index >= 15 is 0 Å². The number of hydrogen-bond donors (Lipinski definition) is 1. The number of rotatable bonds is 1. The molecule has 5 nitrogen and oxygen atoms in total. The van der Waals surface area contributed by atoms with Crippen molar-refractivity contribution in [3.05, 3.63) is 24.5 Å². The number of nitrogens with zero attached hydrogens (tertiary/aromatic N) is 4. The van der Waals surface area contributed by atoms with E-state index in [2.05, 4.69) is 19.9 Å². The molecule has 0 spiro atoms. The van der Waals surface area contributed by atoms with Gasteiger partial charge in [-0.2, -0.15) is 0 Å². The Morgan fingerprint density at radius 1 is 1.05 bits per heavy atom. The molecule has 2 saturated heterocycles. The fraction of sp³-hybridized carbons (Fsp3) is 0.500. The summed E-state index contributed by atoms with van der Waals surface area (Å²) in [6.07, 6.45) is 7.24. The highest BCUT2D eigenvalue weighted by atomic mass is 16.3. The lowest BCUT2D eigenvalue weighted by Crippen LogP contribution is -2.45. The zero-order valence-electron chi connectivity index (χ0n) is 10.6. The smallest absolute Gasteiger partial charge is 0.180 e. The zero-order chi connectivity index (χ0) is 12.8. The Hall–Kier alpha value is -1.75. The van der Waals surface area contributed by atoms with E-state index in [0.29, 0.717) is 17.7 Å². The van der Waals surface area contributed by atoms with Gasteiger partial charge in [0, 0.05) is 24.5 Å². The van der Waals surface area contributed by atoms with Crippen molar-refractivity contribution >= 4 is 17.0 Å². The summed E-state index contributed by atoms with van der Waals surface area (Å²) in [5.41, 5.74) is 1.53. The number of aromatic nitrogens is 3. The maximum atomic E-state index is 9.86. The van der Waals surface area contributed by atoms with Crippen molar-refractivity contribution in [2.75, 3.05) is 4.90 Å². The lowest BCUT2D eigenvalue weighted by atomic mass is 10.00. The van der Waals surface area contributed by atoms with Crippen molar-refractivity contribution in [3.8, 4) is 0 Å². The highest BCUT2D eigenvalue weighted by Gasteiger charge is 2.40. The fourth-order valence-electron chi connectivity index (χ4n) is 3.51. The monoisotopic (exact) mass is 256 g/mol. The maximum absolute atomic E-state index is 9.86. The Balaban J connectivity index is 1.74. The Kier molecular flexibility index (Phi) is 2.41. The van der Waals surface area contributed by atoms with E-state index < -0.39 is 0 Å². The van der Waals surface area contributed by atoms with Gasteiger partial charge in [-0.05, 0) is 37.8 Å². The number of fused-ring (bicyclic) bond motifs is 3. The Bertz CT molecular complexity index is 603. The Morgan fingerprint density at radius 3 is 2.58 bits per heavy atom. The molecule has 2 unspecified atom stereocenters. The first kappa shape index (κ1) is 11.1. The minimum atomic E-state index is -0.144. The van der Waals surface area contributed by atoms with E-state index in [1.807, 2.05) is 12.1 Å². The molecule has 4 heterocycles. The molecule has 2 aliphatic heterocycles. The van der Waals surface area contributed by atoms with E-state index in [1.54, 1.807) is 12.4 Å². The predicted octanol–water partition coefficient (Wildman–Crippen LogP) is 1.52. The van der Waals surface area contributed by atoms with Crippen LogP contribution in [0.5, 0.6) is 0 Å². The van der Waals surface area contributed by atoms with Gasteiger partial charge in [-0.3, -0.25) is 4.98 Å². The van der Waals surface area contributed by atoms with Crippen molar-refractivity contribution in [2.45, 2.75) is 43.9 Å². The predicted molar refractivity (Wildman–Crippen MR) is 71.9 cm³/mol. The van der Waals surface area contributed by atoms with Gasteiger partial charge in [0.05, 0.1) is 6.10 Å². The lowest BCUT2D eigenvalue weighted by Gasteiger charge is -2.38. The molecule has 2 aromatic rings. The first-order valence-corrected chi connectivity index (χ1v) is 6.85. The molecule has 2 bridgehead atoms. The largest absolute Gasteiger partial charge is 0.393 e. The maximum Gasteiger partial charge on any atom is 0.180 e. The first-order chi connectivity index (χ1) is 9.31. The third-order valence-electron chi connectivity index (χ3n) is 4.29. The molecule has 2 atom stereocenters. The van der Waals surface area contributed by atoms with Crippen LogP contribution in [0.4, 0.5) is 5.82 Å². The summed E-state index contributed by atoms with van der Waals surface area (Å²) in [4.78, 5) is 15.5. The molecule has 4 rings (SSSR count). The van der Waals surface area contributed by atoms with Crippen molar-refractivity contribution in [1.82, 2.24) is 15.0 Å². The molecule has 1 N–H and O–H groups in total. The van der Waals surface area contributed by atoms with Gasteiger partial charge in [-0.1, -0.05) is 0 Å². The third-order valence-corrected chi connectivity index (χ3v) is 4.29. The van der Waals surface area contributed by atoms with Gasteiger partial charge in [0.1, 0.15) is 11.3 Å². The van der Waals surface area contributed by atoms with Crippen LogP contribution in [0.25, 0.3) is 11.2 Å². The van der Waals surface area contributed by atoms with Crippen molar-refractivity contribution in [1.29, 1.82) is 0 Å². The third kappa shape index (κ3) is 1.76. The summed E-state index contributed by atoms with van der Waals surface area (Å²) in [7, 11) is 0. The standard InChI is InChI=1S/C14H16N4O/c19-11-7-9-1-2-10(8-11)18(9)13-4-3-12-14(17-13)16-6-5-15-12/h3-6,9-11,19H,1-2,7-8H2. The Labute approximate surface area is 111 Å². The van der Waals surface area contributed by atoms with Gasteiger partial charge in [0.2, 0.25) is 0 Å². The van der Waals surface area contributed by atoms with Crippen molar-refractivity contribution in [3.63, 3.8) is 0 Å². The molecule has 2 aliphatic rings. The van der Waals surface area contributed by atoms with E-state index in [-0.39, 0.29) is 6.10 Å². The molecule has 0 aromatic carbocycles. The van der Waals surface area contributed by atoms with Crippen LogP contribution in [0.2, 0.25) is 0 Å². The van der Waals surface area contributed by atoms with Crippen LogP contribution in [-0.4, -0.2) is 38.2 Å². The van der Waals surface area contributed by atoms with Gasteiger partial charge in [-0.25, -0.2) is 9.97 Å². The molecule has 19 heavy (non-hydrogen) atoms. The number of pyridine rings is 1. The van der Waals surface area contributed by atoms with Crippen LogP contribution in [0.1, 0.15) is 25.7 Å². The van der Waals surface area contributed by atoms with Crippen LogP contribution in [-0.2, 0) is 0 Å². The van der Waals surface area contributed by atoms with Gasteiger partial charge in [-0.15, -0.1) is 0 Å². The molecular formula is C14H16N4O. The van der Waals surface area contributed by atoms with E-state index in [0.717, 1.165) is 37.0 Å². The van der Waals surface area contributed by atoms with E-state index in [9.17, 15) is 5.11 Å². The highest BCUT2D eigenvalue weighted by molar-refractivity contribution is 5.72. The summed E-state index contributed by atoms with van der Waals surface area (Å²) < 4.78 is 0. The molecule has 2 fully saturated rings. The van der Waals surface area contributed by atoms with Gasteiger partial charge in [0.25, 0.3) is 0 Å². The molecule has 2 aromatic heterocycles. The number of aliphatic hydroxyl groups is 1. The number of anilines is 1.